The SMILES string of the molecule is CCCNC(c1ccccc1)c1ccc(CC)c(CC)c1. The van der Waals surface area contributed by atoms with Gasteiger partial charge < -0.3 is 5.32 Å². The maximum Gasteiger partial charge on any atom is 0.0576 e. The molecule has 0 spiro atoms. The molecule has 21 heavy (non-hydrogen) atoms. The van der Waals surface area contributed by atoms with Gasteiger partial charge in [-0.1, -0.05) is 69.3 Å². The Morgan fingerprint density at radius 3 is 2.14 bits per heavy atom. The van der Waals surface area contributed by atoms with Crippen LogP contribution in [0, 0.1) is 0 Å². The summed E-state index contributed by atoms with van der Waals surface area (Å²) in [6, 6.07) is 18.0. The molecule has 2 aromatic carbocycles. The summed E-state index contributed by atoms with van der Waals surface area (Å²) in [5.41, 5.74) is 5.68. The van der Waals surface area contributed by atoms with Crippen LogP contribution in [0.15, 0.2) is 48.5 Å². The highest BCUT2D eigenvalue weighted by Crippen LogP contribution is 2.25. The first-order chi connectivity index (χ1) is 10.3. The summed E-state index contributed by atoms with van der Waals surface area (Å²) < 4.78 is 0. The maximum absolute atomic E-state index is 3.69. The number of nitrogens with one attached hydrogen (secondary N) is 1. The summed E-state index contributed by atoms with van der Waals surface area (Å²) in [5.74, 6) is 0. The Morgan fingerprint density at radius 1 is 0.810 bits per heavy atom. The third-order valence-corrected chi connectivity index (χ3v) is 4.06. The van der Waals surface area contributed by atoms with Crippen LogP contribution in [-0.4, -0.2) is 6.54 Å². The third-order valence-electron chi connectivity index (χ3n) is 4.06. The van der Waals surface area contributed by atoms with E-state index in [4.69, 9.17) is 0 Å². The largest absolute Gasteiger partial charge is 0.306 e. The van der Waals surface area contributed by atoms with Gasteiger partial charge in [0, 0.05) is 0 Å². The minimum absolute atomic E-state index is 0.294. The van der Waals surface area contributed by atoms with Crippen molar-refractivity contribution < 1.29 is 0 Å². The van der Waals surface area contributed by atoms with Crippen LogP contribution in [0.4, 0.5) is 0 Å². The summed E-state index contributed by atoms with van der Waals surface area (Å²) in [6.45, 7) is 7.73. The van der Waals surface area contributed by atoms with Crippen molar-refractivity contribution in [2.24, 2.45) is 0 Å². The fraction of sp³-hybridized carbons (Fsp3) is 0.400. The Balaban J connectivity index is 2.36. The first-order valence-corrected chi connectivity index (χ1v) is 8.20. The molecule has 2 aromatic rings. The first kappa shape index (κ1) is 15.8. The number of aryl methyl sites for hydroxylation is 2. The van der Waals surface area contributed by atoms with Gasteiger partial charge in [0.15, 0.2) is 0 Å². The second-order valence-electron chi connectivity index (χ2n) is 5.53. The minimum Gasteiger partial charge on any atom is -0.306 e. The quantitative estimate of drug-likeness (QED) is 0.761. The van der Waals surface area contributed by atoms with E-state index in [1.807, 2.05) is 0 Å². The average Bonchev–Trinajstić information content (AvgIpc) is 2.56. The number of rotatable bonds is 7. The smallest absolute Gasteiger partial charge is 0.0576 e. The molecule has 0 fully saturated rings. The molecule has 112 valence electrons. The molecule has 1 heteroatoms. The molecular weight excluding hydrogens is 254 g/mol. The molecule has 0 aliphatic carbocycles. The summed E-state index contributed by atoms with van der Waals surface area (Å²) in [6.07, 6.45) is 3.37. The van der Waals surface area contributed by atoms with Gasteiger partial charge in [0.1, 0.15) is 0 Å². The molecule has 0 saturated carbocycles. The Kier molecular flexibility index (Phi) is 6.01. The van der Waals surface area contributed by atoms with Gasteiger partial charge in [-0.2, -0.15) is 0 Å². The normalized spacial score (nSPS) is 12.3. The van der Waals surface area contributed by atoms with Gasteiger partial charge in [-0.25, -0.2) is 0 Å². The molecule has 1 atom stereocenters. The zero-order valence-electron chi connectivity index (χ0n) is 13.5. The van der Waals surface area contributed by atoms with Crippen molar-refractivity contribution in [3.63, 3.8) is 0 Å². The van der Waals surface area contributed by atoms with Crippen LogP contribution < -0.4 is 5.32 Å². The zero-order valence-corrected chi connectivity index (χ0v) is 13.5. The minimum atomic E-state index is 0.294. The molecule has 1 N–H and O–H groups in total. The predicted molar refractivity (Wildman–Crippen MR) is 91.8 cm³/mol. The summed E-state index contributed by atoms with van der Waals surface area (Å²) in [7, 11) is 0. The lowest BCUT2D eigenvalue weighted by Crippen LogP contribution is -2.23. The number of hydrogen-bond donors (Lipinski definition) is 1. The molecule has 1 unspecified atom stereocenters. The van der Waals surface area contributed by atoms with Crippen LogP contribution in [0.25, 0.3) is 0 Å². The zero-order chi connectivity index (χ0) is 15.1. The number of benzene rings is 2. The molecule has 0 bridgehead atoms. The molecule has 0 aliphatic heterocycles. The van der Waals surface area contributed by atoms with Crippen LogP contribution in [0.3, 0.4) is 0 Å². The van der Waals surface area contributed by atoms with Crippen LogP contribution in [0.5, 0.6) is 0 Å². The lowest BCUT2D eigenvalue weighted by molar-refractivity contribution is 0.598. The summed E-state index contributed by atoms with van der Waals surface area (Å²) >= 11 is 0. The highest BCUT2D eigenvalue weighted by Gasteiger charge is 2.14. The lowest BCUT2D eigenvalue weighted by Gasteiger charge is -2.21. The molecule has 2 rings (SSSR count). The molecule has 0 aromatic heterocycles. The van der Waals surface area contributed by atoms with E-state index in [9.17, 15) is 0 Å². The lowest BCUT2D eigenvalue weighted by atomic mass is 9.93. The van der Waals surface area contributed by atoms with E-state index in [0.717, 1.165) is 25.8 Å². The Bertz CT molecular complexity index is 545. The second-order valence-corrected chi connectivity index (χ2v) is 5.53. The Morgan fingerprint density at radius 2 is 1.52 bits per heavy atom. The van der Waals surface area contributed by atoms with Crippen LogP contribution >= 0.6 is 0 Å². The first-order valence-electron chi connectivity index (χ1n) is 8.20. The van der Waals surface area contributed by atoms with Crippen LogP contribution in [0.2, 0.25) is 0 Å². The van der Waals surface area contributed by atoms with Gasteiger partial charge in [-0.15, -0.1) is 0 Å². The molecule has 0 aliphatic rings. The van der Waals surface area contributed by atoms with Crippen molar-refractivity contribution >= 4 is 0 Å². The van der Waals surface area contributed by atoms with Gasteiger partial charge in [-0.05, 0) is 48.1 Å². The van der Waals surface area contributed by atoms with Crippen molar-refractivity contribution in [3.8, 4) is 0 Å². The second kappa shape index (κ2) is 7.99. The Labute approximate surface area is 129 Å². The van der Waals surface area contributed by atoms with Gasteiger partial charge >= 0.3 is 0 Å². The van der Waals surface area contributed by atoms with E-state index < -0.39 is 0 Å². The average molecular weight is 281 g/mol. The molecule has 1 nitrogen and oxygen atoms in total. The van der Waals surface area contributed by atoms with E-state index in [0.29, 0.717) is 6.04 Å². The monoisotopic (exact) mass is 281 g/mol. The van der Waals surface area contributed by atoms with Crippen molar-refractivity contribution in [1.82, 2.24) is 5.32 Å². The van der Waals surface area contributed by atoms with Crippen molar-refractivity contribution in [2.45, 2.75) is 46.1 Å². The molecular formula is C20H27N. The Hall–Kier alpha value is -1.60. The van der Waals surface area contributed by atoms with E-state index >= 15 is 0 Å². The van der Waals surface area contributed by atoms with Crippen LogP contribution in [0.1, 0.15) is 55.5 Å². The van der Waals surface area contributed by atoms with Gasteiger partial charge in [-0.3, -0.25) is 0 Å². The van der Waals surface area contributed by atoms with Crippen molar-refractivity contribution in [2.75, 3.05) is 6.54 Å². The highest BCUT2D eigenvalue weighted by atomic mass is 14.9. The van der Waals surface area contributed by atoms with E-state index in [1.54, 1.807) is 0 Å². The van der Waals surface area contributed by atoms with E-state index in [2.05, 4.69) is 74.6 Å². The van der Waals surface area contributed by atoms with Crippen molar-refractivity contribution in [3.05, 3.63) is 70.8 Å². The molecule has 0 saturated heterocycles. The third kappa shape index (κ3) is 3.95. The standard InChI is InChI=1S/C20H27N/c1-4-14-21-20(18-10-8-7-9-11-18)19-13-12-16(5-2)17(6-3)15-19/h7-13,15,20-21H,4-6,14H2,1-3H3. The van der Waals surface area contributed by atoms with E-state index in [1.165, 1.54) is 22.3 Å². The van der Waals surface area contributed by atoms with Gasteiger partial charge in [0.05, 0.1) is 6.04 Å². The highest BCUT2D eigenvalue weighted by molar-refractivity contribution is 5.38. The summed E-state index contributed by atoms with van der Waals surface area (Å²) in [4.78, 5) is 0. The predicted octanol–water partition coefficient (Wildman–Crippen LogP) is 4.90. The fourth-order valence-electron chi connectivity index (χ4n) is 2.86. The van der Waals surface area contributed by atoms with Gasteiger partial charge in [0.2, 0.25) is 0 Å². The maximum atomic E-state index is 3.69. The molecule has 0 amide bonds. The van der Waals surface area contributed by atoms with E-state index in [-0.39, 0.29) is 0 Å². The molecule has 0 radical (unpaired) electrons. The summed E-state index contributed by atoms with van der Waals surface area (Å²) in [5, 5.41) is 3.69. The van der Waals surface area contributed by atoms with Crippen molar-refractivity contribution in [1.29, 1.82) is 0 Å². The topological polar surface area (TPSA) is 12.0 Å². The van der Waals surface area contributed by atoms with Gasteiger partial charge in [0.25, 0.3) is 0 Å². The number of hydrogen-bond acceptors (Lipinski definition) is 1. The molecule has 0 heterocycles. The van der Waals surface area contributed by atoms with Crippen LogP contribution in [-0.2, 0) is 12.8 Å². The fourth-order valence-corrected chi connectivity index (χ4v) is 2.86.